The monoisotopic (exact) mass is 179 g/mol. The van der Waals surface area contributed by atoms with Gasteiger partial charge in [0, 0.05) is 13.8 Å². The molecule has 0 aliphatic carbocycles. The summed E-state index contributed by atoms with van der Waals surface area (Å²) in [6, 6.07) is 5.67. The fourth-order valence-corrected chi connectivity index (χ4v) is 1.05. The van der Waals surface area contributed by atoms with Crippen LogP contribution in [-0.4, -0.2) is 13.8 Å². The van der Waals surface area contributed by atoms with Crippen LogP contribution in [0.3, 0.4) is 0 Å². The lowest BCUT2D eigenvalue weighted by Crippen LogP contribution is -1.97. The van der Waals surface area contributed by atoms with Gasteiger partial charge in [0.2, 0.25) is 0 Å². The van der Waals surface area contributed by atoms with Gasteiger partial charge in [0.1, 0.15) is 6.61 Å². The van der Waals surface area contributed by atoms with Gasteiger partial charge in [-0.2, -0.15) is 0 Å². The molecular weight excluding hydrogens is 166 g/mol. The number of rotatable bonds is 4. The molecule has 3 N–H and O–H groups in total. The minimum Gasteiger partial charge on any atom is -0.397 e. The minimum atomic E-state index is 0.400. The summed E-state index contributed by atoms with van der Waals surface area (Å²) in [5, 5.41) is 6.27. The van der Waals surface area contributed by atoms with E-state index in [2.05, 4.69) is 17.2 Å². The maximum atomic E-state index is 5.74. The Balaban J connectivity index is 2.76. The van der Waals surface area contributed by atoms with Crippen LogP contribution in [0.2, 0.25) is 0 Å². The first-order valence-corrected chi connectivity index (χ1v) is 3.92. The Morgan fingerprint density at radius 1 is 1.62 bits per heavy atom. The van der Waals surface area contributed by atoms with Gasteiger partial charge in [0.05, 0.1) is 11.4 Å². The molecule has 0 atom stereocenters. The Bertz CT molecular complexity index is 299. The predicted molar refractivity (Wildman–Crippen MR) is 54.7 cm³/mol. The molecule has 1 aromatic rings. The molecule has 0 unspecified atom stereocenters. The van der Waals surface area contributed by atoms with Crippen LogP contribution in [0.15, 0.2) is 23.4 Å². The van der Waals surface area contributed by atoms with E-state index in [1.807, 2.05) is 25.2 Å². The lowest BCUT2D eigenvalue weighted by Gasteiger charge is -2.06. The average molecular weight is 179 g/mol. The predicted octanol–water partition coefficient (Wildman–Crippen LogP) is 1.44. The quantitative estimate of drug-likeness (QED) is 0.417. The Kier molecular flexibility index (Phi) is 3.14. The standard InChI is InChI=1S/C9H13N3O/c1-11-9-4-3-7(5-8(9)10)6-13-12-2/h3-5,11H,2,6,10H2,1H3. The van der Waals surface area contributed by atoms with Gasteiger partial charge in [-0.15, -0.1) is 5.16 Å². The largest absolute Gasteiger partial charge is 0.397 e. The average Bonchev–Trinajstić information content (AvgIpc) is 2.15. The summed E-state index contributed by atoms with van der Waals surface area (Å²) < 4.78 is 0. The van der Waals surface area contributed by atoms with Gasteiger partial charge in [-0.1, -0.05) is 6.07 Å². The van der Waals surface area contributed by atoms with Crippen LogP contribution in [-0.2, 0) is 11.4 Å². The van der Waals surface area contributed by atoms with Gasteiger partial charge >= 0.3 is 0 Å². The highest BCUT2D eigenvalue weighted by molar-refractivity contribution is 5.66. The smallest absolute Gasteiger partial charge is 0.142 e. The molecule has 70 valence electrons. The molecule has 0 amide bonds. The van der Waals surface area contributed by atoms with Crippen LogP contribution in [0.1, 0.15) is 5.56 Å². The molecule has 0 saturated carbocycles. The van der Waals surface area contributed by atoms with Crippen LogP contribution >= 0.6 is 0 Å². The van der Waals surface area contributed by atoms with Crippen LogP contribution in [0, 0.1) is 0 Å². The van der Waals surface area contributed by atoms with Crippen LogP contribution in [0.4, 0.5) is 11.4 Å². The zero-order valence-corrected chi connectivity index (χ0v) is 7.58. The molecular formula is C9H13N3O. The molecule has 0 aromatic heterocycles. The molecule has 13 heavy (non-hydrogen) atoms. The molecule has 0 bridgehead atoms. The van der Waals surface area contributed by atoms with E-state index in [0.717, 1.165) is 11.3 Å². The summed E-state index contributed by atoms with van der Waals surface area (Å²) >= 11 is 0. The molecule has 0 aliphatic rings. The highest BCUT2D eigenvalue weighted by atomic mass is 16.6. The van der Waals surface area contributed by atoms with Crippen molar-refractivity contribution in [1.82, 2.24) is 0 Å². The highest BCUT2D eigenvalue weighted by Crippen LogP contribution is 2.19. The zero-order chi connectivity index (χ0) is 9.68. The van der Waals surface area contributed by atoms with E-state index in [0.29, 0.717) is 12.3 Å². The van der Waals surface area contributed by atoms with Crippen LogP contribution in [0.5, 0.6) is 0 Å². The van der Waals surface area contributed by atoms with Crippen molar-refractivity contribution in [3.8, 4) is 0 Å². The first-order chi connectivity index (χ1) is 6.27. The van der Waals surface area contributed by atoms with Crippen LogP contribution < -0.4 is 11.1 Å². The van der Waals surface area contributed by atoms with Gasteiger partial charge in [0.25, 0.3) is 0 Å². The molecule has 4 heteroatoms. The van der Waals surface area contributed by atoms with E-state index in [-0.39, 0.29) is 0 Å². The highest BCUT2D eigenvalue weighted by Gasteiger charge is 1.98. The second kappa shape index (κ2) is 4.35. The summed E-state index contributed by atoms with van der Waals surface area (Å²) in [6.45, 7) is 3.62. The van der Waals surface area contributed by atoms with Gasteiger partial charge in [0.15, 0.2) is 0 Å². The van der Waals surface area contributed by atoms with E-state index in [1.54, 1.807) is 0 Å². The van der Waals surface area contributed by atoms with Gasteiger partial charge in [-0.3, -0.25) is 0 Å². The van der Waals surface area contributed by atoms with Crippen molar-refractivity contribution >= 4 is 18.1 Å². The number of anilines is 2. The number of nitrogen functional groups attached to an aromatic ring is 1. The number of nitrogens with zero attached hydrogens (tertiary/aromatic N) is 1. The topological polar surface area (TPSA) is 59.6 Å². The first-order valence-electron chi connectivity index (χ1n) is 3.92. The molecule has 1 rings (SSSR count). The Labute approximate surface area is 77.4 Å². The van der Waals surface area contributed by atoms with Crippen molar-refractivity contribution < 1.29 is 4.84 Å². The first kappa shape index (κ1) is 9.38. The van der Waals surface area contributed by atoms with E-state index in [1.165, 1.54) is 0 Å². The molecule has 0 heterocycles. The van der Waals surface area contributed by atoms with Crippen molar-refractivity contribution in [3.05, 3.63) is 23.8 Å². The summed E-state index contributed by atoms with van der Waals surface area (Å²) in [6.07, 6.45) is 0. The van der Waals surface area contributed by atoms with E-state index in [4.69, 9.17) is 10.6 Å². The summed E-state index contributed by atoms with van der Waals surface area (Å²) in [5.41, 5.74) is 8.33. The third-order valence-electron chi connectivity index (χ3n) is 1.71. The molecule has 0 saturated heterocycles. The van der Waals surface area contributed by atoms with Gasteiger partial charge < -0.3 is 15.9 Å². The Morgan fingerprint density at radius 2 is 2.38 bits per heavy atom. The fraction of sp³-hybridized carbons (Fsp3) is 0.222. The molecule has 4 nitrogen and oxygen atoms in total. The second-order valence-corrected chi connectivity index (χ2v) is 2.57. The maximum absolute atomic E-state index is 5.74. The normalized spacial score (nSPS) is 9.31. The van der Waals surface area contributed by atoms with E-state index in [9.17, 15) is 0 Å². The zero-order valence-electron chi connectivity index (χ0n) is 7.58. The molecule has 1 aromatic carbocycles. The van der Waals surface area contributed by atoms with Gasteiger partial charge in [-0.25, -0.2) is 0 Å². The maximum Gasteiger partial charge on any atom is 0.142 e. The Hall–Kier alpha value is -1.71. The van der Waals surface area contributed by atoms with Crippen molar-refractivity contribution in [3.63, 3.8) is 0 Å². The number of nitrogens with two attached hydrogens (primary N) is 1. The molecule has 0 fully saturated rings. The number of oxime groups is 1. The molecule has 0 aliphatic heterocycles. The van der Waals surface area contributed by atoms with Crippen LogP contribution in [0.25, 0.3) is 0 Å². The lowest BCUT2D eigenvalue weighted by molar-refractivity contribution is 0.133. The number of hydrogen-bond acceptors (Lipinski definition) is 4. The van der Waals surface area contributed by atoms with Crippen molar-refractivity contribution in [1.29, 1.82) is 0 Å². The van der Waals surface area contributed by atoms with Gasteiger partial charge in [-0.05, 0) is 17.7 Å². The number of hydrogen-bond donors (Lipinski definition) is 2. The summed E-state index contributed by atoms with van der Waals surface area (Å²) in [7, 11) is 1.83. The third-order valence-corrected chi connectivity index (χ3v) is 1.71. The Morgan fingerprint density at radius 3 is 2.92 bits per heavy atom. The van der Waals surface area contributed by atoms with Crippen molar-refractivity contribution in [2.45, 2.75) is 6.61 Å². The van der Waals surface area contributed by atoms with E-state index >= 15 is 0 Å². The molecule has 0 radical (unpaired) electrons. The fourth-order valence-electron chi connectivity index (χ4n) is 1.05. The van der Waals surface area contributed by atoms with E-state index < -0.39 is 0 Å². The lowest BCUT2D eigenvalue weighted by atomic mass is 10.2. The summed E-state index contributed by atoms with van der Waals surface area (Å²) in [5.74, 6) is 0. The second-order valence-electron chi connectivity index (χ2n) is 2.57. The SMILES string of the molecule is C=NOCc1ccc(NC)c(N)c1. The number of nitrogens with one attached hydrogen (secondary N) is 1. The number of benzene rings is 1. The molecule has 0 spiro atoms. The third kappa shape index (κ3) is 2.37. The summed E-state index contributed by atoms with van der Waals surface area (Å²) in [4.78, 5) is 4.79. The van der Waals surface area contributed by atoms with Crippen molar-refractivity contribution in [2.75, 3.05) is 18.1 Å². The van der Waals surface area contributed by atoms with Crippen molar-refractivity contribution in [2.24, 2.45) is 5.16 Å². The minimum absolute atomic E-state index is 0.400.